The van der Waals surface area contributed by atoms with Gasteiger partial charge in [-0.15, -0.1) is 11.3 Å². The quantitative estimate of drug-likeness (QED) is 0.912. The topological polar surface area (TPSA) is 49.6 Å². The highest BCUT2D eigenvalue weighted by Crippen LogP contribution is 2.39. The first-order valence-corrected chi connectivity index (χ1v) is 8.02. The summed E-state index contributed by atoms with van der Waals surface area (Å²) >= 11 is 1.63. The second kappa shape index (κ2) is 4.56. The average molecular weight is 290 g/mol. The van der Waals surface area contributed by atoms with E-state index < -0.39 is 0 Å². The lowest BCUT2D eigenvalue weighted by Gasteiger charge is -2.32. The van der Waals surface area contributed by atoms with Crippen LogP contribution >= 0.6 is 11.3 Å². The Morgan fingerprint density at radius 2 is 2.25 bits per heavy atom. The molecule has 6 heteroatoms. The van der Waals surface area contributed by atoms with Crippen molar-refractivity contribution in [1.82, 2.24) is 19.6 Å². The number of rotatable bonds is 2. The van der Waals surface area contributed by atoms with Gasteiger partial charge in [-0.2, -0.15) is 0 Å². The Morgan fingerprint density at radius 1 is 1.40 bits per heavy atom. The zero-order valence-electron chi connectivity index (χ0n) is 11.3. The molecular formula is C14H18N4OS. The van der Waals surface area contributed by atoms with Crippen molar-refractivity contribution in [2.24, 2.45) is 5.41 Å². The third kappa shape index (κ3) is 2.03. The number of hydrogen-bond donors (Lipinski definition) is 1. The van der Waals surface area contributed by atoms with Gasteiger partial charge >= 0.3 is 0 Å². The van der Waals surface area contributed by atoms with Crippen LogP contribution in [0.25, 0.3) is 4.96 Å². The highest BCUT2D eigenvalue weighted by molar-refractivity contribution is 7.15. The molecule has 0 radical (unpaired) electrons. The van der Waals surface area contributed by atoms with Crippen LogP contribution in [0.3, 0.4) is 0 Å². The van der Waals surface area contributed by atoms with Gasteiger partial charge in [0.05, 0.1) is 12.2 Å². The number of piperidine rings is 1. The van der Waals surface area contributed by atoms with Crippen LogP contribution < -0.4 is 5.32 Å². The van der Waals surface area contributed by atoms with E-state index in [2.05, 4.69) is 10.3 Å². The van der Waals surface area contributed by atoms with Crippen LogP contribution in [0.15, 0.2) is 17.8 Å². The van der Waals surface area contributed by atoms with E-state index in [0.717, 1.165) is 49.6 Å². The van der Waals surface area contributed by atoms with Crippen molar-refractivity contribution in [1.29, 1.82) is 0 Å². The van der Waals surface area contributed by atoms with Crippen molar-refractivity contribution in [2.45, 2.75) is 25.8 Å². The van der Waals surface area contributed by atoms with Crippen LogP contribution in [0.4, 0.5) is 0 Å². The highest BCUT2D eigenvalue weighted by Gasteiger charge is 2.43. The molecular weight excluding hydrogens is 272 g/mol. The fraction of sp³-hybridized carbons (Fsp3) is 0.571. The van der Waals surface area contributed by atoms with Crippen LogP contribution in [-0.2, 0) is 11.3 Å². The molecule has 0 saturated carbocycles. The van der Waals surface area contributed by atoms with Gasteiger partial charge in [-0.25, -0.2) is 4.98 Å². The third-order valence-electron chi connectivity index (χ3n) is 4.57. The normalized spacial score (nSPS) is 22.2. The maximum atomic E-state index is 12.3. The van der Waals surface area contributed by atoms with Gasteiger partial charge in [0.1, 0.15) is 0 Å². The van der Waals surface area contributed by atoms with Gasteiger partial charge in [0.2, 0.25) is 5.91 Å². The molecule has 1 N–H and O–H groups in total. The van der Waals surface area contributed by atoms with E-state index in [9.17, 15) is 4.79 Å². The molecule has 4 heterocycles. The van der Waals surface area contributed by atoms with E-state index >= 15 is 0 Å². The highest BCUT2D eigenvalue weighted by atomic mass is 32.1. The summed E-state index contributed by atoms with van der Waals surface area (Å²) in [5.74, 6) is 0.295. The summed E-state index contributed by atoms with van der Waals surface area (Å²) in [5, 5.41) is 5.41. The van der Waals surface area contributed by atoms with Gasteiger partial charge in [-0.3, -0.25) is 9.20 Å². The molecule has 0 aliphatic carbocycles. The zero-order valence-corrected chi connectivity index (χ0v) is 12.2. The molecule has 2 fully saturated rings. The Kier molecular flexibility index (Phi) is 2.82. The standard InChI is InChI=1S/C14H18N4OS/c19-12-7-14(1-3-15-4-2-14)10-18(12)9-11-8-17-5-6-20-13(17)16-11/h5-6,8,15H,1-4,7,9-10H2. The number of nitrogens with one attached hydrogen (secondary N) is 1. The fourth-order valence-corrected chi connectivity index (χ4v) is 4.18. The molecule has 0 bridgehead atoms. The summed E-state index contributed by atoms with van der Waals surface area (Å²) in [5.41, 5.74) is 1.22. The van der Waals surface area contributed by atoms with E-state index in [1.54, 1.807) is 11.3 Å². The summed E-state index contributed by atoms with van der Waals surface area (Å²) in [6, 6.07) is 0. The summed E-state index contributed by atoms with van der Waals surface area (Å²) in [6.07, 6.45) is 7.00. The molecule has 2 aliphatic heterocycles. The van der Waals surface area contributed by atoms with Crippen molar-refractivity contribution >= 4 is 22.2 Å². The number of nitrogens with zero attached hydrogens (tertiary/aromatic N) is 3. The Hall–Kier alpha value is -1.40. The molecule has 0 unspecified atom stereocenters. The minimum absolute atomic E-state index is 0.222. The van der Waals surface area contributed by atoms with E-state index in [-0.39, 0.29) is 5.41 Å². The number of hydrogen-bond acceptors (Lipinski definition) is 4. The van der Waals surface area contributed by atoms with Crippen LogP contribution in [-0.4, -0.2) is 39.8 Å². The van der Waals surface area contributed by atoms with Crippen molar-refractivity contribution in [2.75, 3.05) is 19.6 Å². The first-order valence-electron chi connectivity index (χ1n) is 7.14. The lowest BCUT2D eigenvalue weighted by atomic mass is 9.78. The fourth-order valence-electron chi connectivity index (χ4n) is 3.47. The number of fused-ring (bicyclic) bond motifs is 1. The number of aromatic nitrogens is 2. The molecule has 2 saturated heterocycles. The van der Waals surface area contributed by atoms with Crippen LogP contribution in [0.2, 0.25) is 0 Å². The number of thiazole rings is 1. The van der Waals surface area contributed by atoms with E-state index in [1.165, 1.54) is 0 Å². The second-order valence-corrected chi connectivity index (χ2v) is 6.87. The maximum Gasteiger partial charge on any atom is 0.223 e. The molecule has 5 nitrogen and oxygen atoms in total. The van der Waals surface area contributed by atoms with Gasteiger partial charge in [0, 0.05) is 30.7 Å². The SMILES string of the molecule is O=C1CC2(CCNCC2)CN1Cc1cn2ccsc2n1. The number of likely N-dealkylation sites (tertiary alicyclic amines) is 1. The van der Waals surface area contributed by atoms with Gasteiger partial charge in [0.25, 0.3) is 0 Å². The Labute approximate surface area is 121 Å². The van der Waals surface area contributed by atoms with Gasteiger partial charge < -0.3 is 10.2 Å². The first-order chi connectivity index (χ1) is 9.74. The van der Waals surface area contributed by atoms with E-state index in [1.807, 2.05) is 27.1 Å². The summed E-state index contributed by atoms with van der Waals surface area (Å²) in [7, 11) is 0. The monoisotopic (exact) mass is 290 g/mol. The molecule has 2 aliphatic rings. The molecule has 0 aromatic carbocycles. The van der Waals surface area contributed by atoms with Crippen LogP contribution in [0.5, 0.6) is 0 Å². The van der Waals surface area contributed by atoms with E-state index in [4.69, 9.17) is 0 Å². The molecule has 1 amide bonds. The number of amides is 1. The predicted molar refractivity (Wildman–Crippen MR) is 77.6 cm³/mol. The number of carbonyl (C=O) groups excluding carboxylic acids is 1. The molecule has 1 spiro atoms. The second-order valence-electron chi connectivity index (χ2n) is 6.00. The molecule has 2 aromatic heterocycles. The predicted octanol–water partition coefficient (Wildman–Crippen LogP) is 1.50. The Morgan fingerprint density at radius 3 is 3.05 bits per heavy atom. The molecule has 2 aromatic rings. The summed E-state index contributed by atoms with van der Waals surface area (Å²) in [4.78, 5) is 19.9. The minimum atomic E-state index is 0.222. The Bertz CT molecular complexity index is 612. The number of imidazole rings is 1. The molecule has 106 valence electrons. The number of carbonyl (C=O) groups is 1. The molecule has 4 rings (SSSR count). The molecule has 20 heavy (non-hydrogen) atoms. The minimum Gasteiger partial charge on any atom is -0.336 e. The summed E-state index contributed by atoms with van der Waals surface area (Å²) < 4.78 is 2.03. The van der Waals surface area contributed by atoms with Crippen LogP contribution in [0, 0.1) is 5.41 Å². The largest absolute Gasteiger partial charge is 0.336 e. The lowest BCUT2D eigenvalue weighted by molar-refractivity contribution is -0.128. The van der Waals surface area contributed by atoms with Gasteiger partial charge in [0.15, 0.2) is 4.96 Å². The Balaban J connectivity index is 1.51. The van der Waals surface area contributed by atoms with Gasteiger partial charge in [-0.05, 0) is 31.3 Å². The molecule has 0 atom stereocenters. The van der Waals surface area contributed by atoms with Crippen molar-refractivity contribution in [3.05, 3.63) is 23.5 Å². The van der Waals surface area contributed by atoms with Crippen LogP contribution in [0.1, 0.15) is 25.0 Å². The van der Waals surface area contributed by atoms with Crippen molar-refractivity contribution in [3.8, 4) is 0 Å². The third-order valence-corrected chi connectivity index (χ3v) is 5.34. The zero-order chi connectivity index (χ0) is 13.6. The van der Waals surface area contributed by atoms with Crippen molar-refractivity contribution < 1.29 is 4.79 Å². The first kappa shape index (κ1) is 12.3. The van der Waals surface area contributed by atoms with E-state index in [0.29, 0.717) is 12.5 Å². The van der Waals surface area contributed by atoms with Crippen molar-refractivity contribution in [3.63, 3.8) is 0 Å². The summed E-state index contributed by atoms with van der Waals surface area (Å²) in [6.45, 7) is 3.64. The average Bonchev–Trinajstić information content (AvgIpc) is 3.06. The maximum absolute atomic E-state index is 12.3. The smallest absolute Gasteiger partial charge is 0.223 e. The van der Waals surface area contributed by atoms with Gasteiger partial charge in [-0.1, -0.05) is 0 Å². The lowest BCUT2D eigenvalue weighted by Crippen LogP contribution is -2.38.